The molecule has 0 bridgehead atoms. The molecule has 2 aromatic rings. The quantitative estimate of drug-likeness (QED) is 0.865. The van der Waals surface area contributed by atoms with Gasteiger partial charge in [-0.2, -0.15) is 0 Å². The molecule has 0 unspecified atom stereocenters. The van der Waals surface area contributed by atoms with Crippen molar-refractivity contribution in [2.75, 3.05) is 0 Å². The van der Waals surface area contributed by atoms with E-state index in [1.54, 1.807) is 6.20 Å². The smallest absolute Gasteiger partial charge is 0.147 e. The highest BCUT2D eigenvalue weighted by molar-refractivity contribution is 9.10. The van der Waals surface area contributed by atoms with E-state index in [1.807, 2.05) is 25.1 Å². The molecular weight excluding hydrogens is 304 g/mol. The molecule has 17 heavy (non-hydrogen) atoms. The van der Waals surface area contributed by atoms with Gasteiger partial charge in [0, 0.05) is 0 Å². The first-order chi connectivity index (χ1) is 8.15. The fourth-order valence-electron chi connectivity index (χ4n) is 1.29. The Kier molecular flexibility index (Phi) is 3.97. The topological polar surface area (TPSA) is 35.0 Å². The summed E-state index contributed by atoms with van der Waals surface area (Å²) in [5, 5.41) is 0.380. The molecule has 0 fully saturated rings. The fourth-order valence-corrected chi connectivity index (χ4v) is 1.99. The summed E-state index contributed by atoms with van der Waals surface area (Å²) in [4.78, 5) is 8.04. The number of aryl methyl sites for hydroxylation is 1. The number of halogens is 2. The molecule has 3 nitrogen and oxygen atoms in total. The molecule has 0 aliphatic rings. The van der Waals surface area contributed by atoms with E-state index in [1.165, 1.54) is 11.8 Å². The maximum atomic E-state index is 5.65. The summed E-state index contributed by atoms with van der Waals surface area (Å²) in [6.45, 7) is 2.39. The molecule has 0 N–H and O–H groups in total. The van der Waals surface area contributed by atoms with Crippen molar-refractivity contribution in [3.63, 3.8) is 0 Å². The summed E-state index contributed by atoms with van der Waals surface area (Å²) in [5.41, 5.74) is 1.91. The van der Waals surface area contributed by atoms with Gasteiger partial charge in [0.2, 0.25) is 0 Å². The zero-order chi connectivity index (χ0) is 12.3. The highest BCUT2D eigenvalue weighted by atomic mass is 79.9. The van der Waals surface area contributed by atoms with Crippen LogP contribution in [0, 0.1) is 6.92 Å². The number of ether oxygens (including phenoxy) is 1. The summed E-state index contributed by atoms with van der Waals surface area (Å²) in [7, 11) is 0. The van der Waals surface area contributed by atoms with Gasteiger partial charge in [0.1, 0.15) is 17.5 Å². The Bertz CT molecular complexity index is 516. The van der Waals surface area contributed by atoms with Crippen LogP contribution >= 0.6 is 27.5 Å². The van der Waals surface area contributed by atoms with E-state index in [9.17, 15) is 0 Å². The molecule has 0 aliphatic heterocycles. The lowest BCUT2D eigenvalue weighted by atomic mass is 10.2. The molecule has 0 atom stereocenters. The third-order valence-electron chi connectivity index (χ3n) is 2.14. The lowest BCUT2D eigenvalue weighted by Gasteiger charge is -2.08. The first-order valence-corrected chi connectivity index (χ1v) is 6.17. The van der Waals surface area contributed by atoms with E-state index >= 15 is 0 Å². The fraction of sp³-hybridized carbons (Fsp3) is 0.167. The Hall–Kier alpha value is -1.13. The minimum Gasteiger partial charge on any atom is -0.486 e. The number of nitrogens with zero attached hydrogens (tertiary/aromatic N) is 2. The van der Waals surface area contributed by atoms with Crippen LogP contribution in [0.4, 0.5) is 0 Å². The first-order valence-electron chi connectivity index (χ1n) is 5.00. The highest BCUT2D eigenvalue weighted by Gasteiger charge is 2.02. The van der Waals surface area contributed by atoms with E-state index in [-0.39, 0.29) is 0 Å². The summed E-state index contributed by atoms with van der Waals surface area (Å²) in [6.07, 6.45) is 3.11. The molecular formula is C12H10BrClN2O. The van der Waals surface area contributed by atoms with Crippen LogP contribution in [0.2, 0.25) is 5.15 Å². The van der Waals surface area contributed by atoms with Crippen LogP contribution in [0.5, 0.6) is 5.75 Å². The SMILES string of the molecule is Cc1ccc(OCc2cnc(Cl)cn2)c(Br)c1. The van der Waals surface area contributed by atoms with Crippen molar-refractivity contribution in [1.29, 1.82) is 0 Å². The number of hydrogen-bond donors (Lipinski definition) is 0. The molecule has 0 aliphatic carbocycles. The van der Waals surface area contributed by atoms with Gasteiger partial charge in [-0.15, -0.1) is 0 Å². The van der Waals surface area contributed by atoms with Crippen molar-refractivity contribution < 1.29 is 4.74 Å². The number of benzene rings is 1. The molecule has 0 saturated carbocycles. The van der Waals surface area contributed by atoms with Gasteiger partial charge >= 0.3 is 0 Å². The second-order valence-electron chi connectivity index (χ2n) is 3.55. The summed E-state index contributed by atoms with van der Waals surface area (Å²) >= 11 is 9.10. The van der Waals surface area contributed by atoms with Crippen molar-refractivity contribution >= 4 is 27.5 Å². The van der Waals surface area contributed by atoms with Gasteiger partial charge in [0.25, 0.3) is 0 Å². The molecule has 1 heterocycles. The lowest BCUT2D eigenvalue weighted by molar-refractivity contribution is 0.299. The maximum absolute atomic E-state index is 5.65. The zero-order valence-corrected chi connectivity index (χ0v) is 11.5. The van der Waals surface area contributed by atoms with Crippen molar-refractivity contribution in [2.45, 2.75) is 13.5 Å². The first kappa shape index (κ1) is 12.3. The van der Waals surface area contributed by atoms with Crippen LogP contribution in [0.3, 0.4) is 0 Å². The zero-order valence-electron chi connectivity index (χ0n) is 9.15. The van der Waals surface area contributed by atoms with E-state index in [0.717, 1.165) is 15.9 Å². The summed E-state index contributed by atoms with van der Waals surface area (Å²) in [5.74, 6) is 0.785. The molecule has 88 valence electrons. The van der Waals surface area contributed by atoms with Gasteiger partial charge in [0.15, 0.2) is 0 Å². The summed E-state index contributed by atoms with van der Waals surface area (Å²) < 4.78 is 6.56. The van der Waals surface area contributed by atoms with E-state index in [4.69, 9.17) is 16.3 Å². The van der Waals surface area contributed by atoms with Crippen LogP contribution in [-0.2, 0) is 6.61 Å². The lowest BCUT2D eigenvalue weighted by Crippen LogP contribution is -1.99. The van der Waals surface area contributed by atoms with Gasteiger partial charge in [-0.3, -0.25) is 4.98 Å². The third kappa shape index (κ3) is 3.41. The molecule has 0 amide bonds. The van der Waals surface area contributed by atoms with Gasteiger partial charge in [-0.05, 0) is 40.5 Å². The highest BCUT2D eigenvalue weighted by Crippen LogP contribution is 2.26. The van der Waals surface area contributed by atoms with Crippen LogP contribution in [0.15, 0.2) is 35.1 Å². The monoisotopic (exact) mass is 312 g/mol. The Morgan fingerprint density at radius 1 is 1.29 bits per heavy atom. The van der Waals surface area contributed by atoms with Crippen LogP contribution in [0.25, 0.3) is 0 Å². The Labute approximate surface area is 113 Å². The van der Waals surface area contributed by atoms with Crippen molar-refractivity contribution in [3.8, 4) is 5.75 Å². The van der Waals surface area contributed by atoms with Crippen molar-refractivity contribution in [1.82, 2.24) is 9.97 Å². The number of aromatic nitrogens is 2. The van der Waals surface area contributed by atoms with Crippen LogP contribution in [-0.4, -0.2) is 9.97 Å². The predicted molar refractivity (Wildman–Crippen MR) is 70.3 cm³/mol. The molecule has 2 rings (SSSR count). The molecule has 5 heteroatoms. The number of hydrogen-bond acceptors (Lipinski definition) is 3. The number of rotatable bonds is 3. The van der Waals surface area contributed by atoms with Crippen molar-refractivity contribution in [3.05, 3.63) is 51.5 Å². The van der Waals surface area contributed by atoms with Gasteiger partial charge in [-0.1, -0.05) is 17.7 Å². The van der Waals surface area contributed by atoms with Crippen molar-refractivity contribution in [2.24, 2.45) is 0 Å². The standard InChI is InChI=1S/C12H10BrClN2O/c1-8-2-3-11(10(13)4-8)17-7-9-5-16-12(14)6-15-9/h2-6H,7H2,1H3. The van der Waals surface area contributed by atoms with E-state index in [2.05, 4.69) is 25.9 Å². The molecule has 0 spiro atoms. The average molecular weight is 314 g/mol. The Balaban J connectivity index is 2.04. The minimum absolute atomic E-state index is 0.367. The van der Waals surface area contributed by atoms with Crippen LogP contribution in [0.1, 0.15) is 11.3 Å². The third-order valence-corrected chi connectivity index (χ3v) is 2.95. The Morgan fingerprint density at radius 2 is 2.12 bits per heavy atom. The maximum Gasteiger partial charge on any atom is 0.147 e. The van der Waals surface area contributed by atoms with E-state index < -0.39 is 0 Å². The van der Waals surface area contributed by atoms with Gasteiger partial charge < -0.3 is 4.74 Å². The molecule has 1 aromatic heterocycles. The predicted octanol–water partition coefficient (Wildman–Crippen LogP) is 3.78. The molecule has 0 saturated heterocycles. The van der Waals surface area contributed by atoms with E-state index in [0.29, 0.717) is 11.8 Å². The molecule has 0 radical (unpaired) electrons. The van der Waals surface area contributed by atoms with Gasteiger partial charge in [-0.25, -0.2) is 4.98 Å². The minimum atomic E-state index is 0.367. The van der Waals surface area contributed by atoms with Crippen LogP contribution < -0.4 is 4.74 Å². The Morgan fingerprint density at radius 3 is 2.76 bits per heavy atom. The summed E-state index contributed by atoms with van der Waals surface area (Å²) in [6, 6.07) is 5.92. The second kappa shape index (κ2) is 5.47. The van der Waals surface area contributed by atoms with Gasteiger partial charge in [0.05, 0.1) is 22.6 Å². The second-order valence-corrected chi connectivity index (χ2v) is 4.79. The largest absolute Gasteiger partial charge is 0.486 e. The molecule has 1 aromatic carbocycles. The normalized spacial score (nSPS) is 10.3. The average Bonchev–Trinajstić information content (AvgIpc) is 2.30.